The van der Waals surface area contributed by atoms with Crippen molar-refractivity contribution in [3.05, 3.63) is 72.1 Å². The second-order valence-electron chi connectivity index (χ2n) is 7.48. The first-order valence-electron chi connectivity index (χ1n) is 10.3. The molecule has 0 unspecified atom stereocenters. The van der Waals surface area contributed by atoms with Gasteiger partial charge in [0, 0.05) is 24.9 Å². The second-order valence-corrected chi connectivity index (χ2v) is 7.48. The Balaban J connectivity index is 1.48. The molecule has 0 aliphatic heterocycles. The lowest BCUT2D eigenvalue weighted by atomic mass is 10.1. The van der Waals surface area contributed by atoms with Gasteiger partial charge in [-0.3, -0.25) is 9.48 Å². The number of nitrogens with zero attached hydrogens (tertiary/aromatic N) is 3. The van der Waals surface area contributed by atoms with Crippen molar-refractivity contribution >= 4 is 16.9 Å². The van der Waals surface area contributed by atoms with Crippen LogP contribution in [0.1, 0.15) is 18.2 Å². The molecule has 172 valence electrons. The predicted molar refractivity (Wildman–Crippen MR) is 117 cm³/mol. The molecule has 4 rings (SSSR count). The van der Waals surface area contributed by atoms with Gasteiger partial charge in [-0.15, -0.1) is 0 Å². The van der Waals surface area contributed by atoms with Crippen LogP contribution >= 0.6 is 0 Å². The maximum atomic E-state index is 12.8. The van der Waals surface area contributed by atoms with E-state index in [-0.39, 0.29) is 19.1 Å². The summed E-state index contributed by atoms with van der Waals surface area (Å²) in [6.45, 7) is 2.41. The Morgan fingerprint density at radius 3 is 2.52 bits per heavy atom. The molecular weight excluding hydrogens is 435 g/mol. The summed E-state index contributed by atoms with van der Waals surface area (Å²) in [4.78, 5) is 11.8. The first-order chi connectivity index (χ1) is 15.7. The van der Waals surface area contributed by atoms with E-state index in [0.29, 0.717) is 23.6 Å². The Bertz CT molecular complexity index is 1270. The lowest BCUT2D eigenvalue weighted by molar-refractivity contribution is -0.143. The Hall–Kier alpha value is -3.75. The Morgan fingerprint density at radius 1 is 1.06 bits per heavy atom. The summed E-state index contributed by atoms with van der Waals surface area (Å²) in [6.07, 6.45) is -2.55. The molecule has 2 heterocycles. The standard InChI is InChI=1S/C24H22F3N3O3/c1-3-32-23(31)14-30-11-10-17-6-9-20(13-22(17)30)33-15-19-12-21(28-29(19)2)16-4-7-18(8-5-16)24(25,26)27/h4-13H,3,14-15H2,1-2H3. The van der Waals surface area contributed by atoms with Crippen LogP contribution in [-0.2, 0) is 35.9 Å². The molecule has 6 nitrogen and oxygen atoms in total. The van der Waals surface area contributed by atoms with E-state index in [1.165, 1.54) is 12.1 Å². The maximum absolute atomic E-state index is 12.8. The van der Waals surface area contributed by atoms with Gasteiger partial charge >= 0.3 is 12.1 Å². The van der Waals surface area contributed by atoms with Gasteiger partial charge in [0.05, 0.1) is 29.1 Å². The third kappa shape index (κ3) is 5.02. The highest BCUT2D eigenvalue weighted by molar-refractivity contribution is 5.83. The van der Waals surface area contributed by atoms with Crippen LogP contribution in [0.5, 0.6) is 5.75 Å². The highest BCUT2D eigenvalue weighted by Gasteiger charge is 2.30. The number of hydrogen-bond acceptors (Lipinski definition) is 4. The van der Waals surface area contributed by atoms with Gasteiger partial charge in [-0.25, -0.2) is 0 Å². The number of carbonyl (C=O) groups excluding carboxylic acids is 1. The minimum Gasteiger partial charge on any atom is -0.487 e. The van der Waals surface area contributed by atoms with E-state index in [4.69, 9.17) is 9.47 Å². The van der Waals surface area contributed by atoms with E-state index in [1.54, 1.807) is 29.3 Å². The number of aromatic nitrogens is 3. The van der Waals surface area contributed by atoms with Gasteiger partial charge in [0.15, 0.2) is 0 Å². The van der Waals surface area contributed by atoms with Gasteiger partial charge in [0.2, 0.25) is 0 Å². The lowest BCUT2D eigenvalue weighted by Crippen LogP contribution is -2.12. The molecule has 9 heteroatoms. The molecule has 0 aliphatic carbocycles. The summed E-state index contributed by atoms with van der Waals surface area (Å²) in [7, 11) is 1.75. The quantitative estimate of drug-likeness (QED) is 0.358. The van der Waals surface area contributed by atoms with Crippen molar-refractivity contribution in [2.75, 3.05) is 6.61 Å². The number of carbonyl (C=O) groups is 1. The van der Waals surface area contributed by atoms with Crippen LogP contribution < -0.4 is 4.74 Å². The van der Waals surface area contributed by atoms with E-state index in [1.807, 2.05) is 30.5 Å². The molecule has 33 heavy (non-hydrogen) atoms. The van der Waals surface area contributed by atoms with E-state index in [0.717, 1.165) is 28.7 Å². The molecule has 0 saturated carbocycles. The Labute approximate surface area is 188 Å². The molecule has 0 spiro atoms. The molecule has 2 aromatic heterocycles. The van der Waals surface area contributed by atoms with Crippen LogP contribution in [0.3, 0.4) is 0 Å². The number of alkyl halides is 3. The number of fused-ring (bicyclic) bond motifs is 1. The van der Waals surface area contributed by atoms with Gasteiger partial charge in [0.25, 0.3) is 0 Å². The molecule has 0 aliphatic rings. The predicted octanol–water partition coefficient (Wildman–Crippen LogP) is 5.20. The van der Waals surface area contributed by atoms with E-state index >= 15 is 0 Å². The second kappa shape index (κ2) is 9.01. The first-order valence-corrected chi connectivity index (χ1v) is 10.3. The van der Waals surface area contributed by atoms with Crippen LogP contribution in [0.2, 0.25) is 0 Å². The Morgan fingerprint density at radius 2 is 1.82 bits per heavy atom. The summed E-state index contributed by atoms with van der Waals surface area (Å²) in [5.74, 6) is 0.301. The van der Waals surface area contributed by atoms with E-state index in [9.17, 15) is 18.0 Å². The highest BCUT2D eigenvalue weighted by atomic mass is 19.4. The zero-order chi connectivity index (χ0) is 23.6. The lowest BCUT2D eigenvalue weighted by Gasteiger charge is -2.09. The van der Waals surface area contributed by atoms with Crippen molar-refractivity contribution < 1.29 is 27.4 Å². The van der Waals surface area contributed by atoms with Gasteiger partial charge < -0.3 is 14.0 Å². The van der Waals surface area contributed by atoms with Crippen molar-refractivity contribution in [1.82, 2.24) is 14.3 Å². The van der Waals surface area contributed by atoms with Crippen molar-refractivity contribution in [3.8, 4) is 17.0 Å². The number of esters is 1. The number of ether oxygens (including phenoxy) is 2. The third-order valence-electron chi connectivity index (χ3n) is 5.22. The average Bonchev–Trinajstić information content (AvgIpc) is 3.35. The topological polar surface area (TPSA) is 58.3 Å². The van der Waals surface area contributed by atoms with Crippen LogP contribution in [0, 0.1) is 0 Å². The number of rotatable bonds is 7. The minimum atomic E-state index is -4.38. The molecule has 0 radical (unpaired) electrons. The normalized spacial score (nSPS) is 11.7. The van der Waals surface area contributed by atoms with Gasteiger partial charge in [-0.2, -0.15) is 18.3 Å². The largest absolute Gasteiger partial charge is 0.487 e. The molecule has 2 aromatic carbocycles. The number of aryl methyl sites for hydroxylation is 1. The molecular formula is C24H22F3N3O3. The average molecular weight is 457 g/mol. The number of hydrogen-bond donors (Lipinski definition) is 0. The number of benzene rings is 2. The molecule has 0 saturated heterocycles. The molecule has 0 amide bonds. The fourth-order valence-corrected chi connectivity index (χ4v) is 3.51. The van der Waals surface area contributed by atoms with E-state index < -0.39 is 11.7 Å². The fraction of sp³-hybridized carbons (Fsp3) is 0.250. The zero-order valence-corrected chi connectivity index (χ0v) is 18.1. The van der Waals surface area contributed by atoms with Crippen LogP contribution in [0.25, 0.3) is 22.2 Å². The Kier molecular flexibility index (Phi) is 6.13. The molecule has 0 N–H and O–H groups in total. The summed E-state index contributed by atoms with van der Waals surface area (Å²) in [5, 5.41) is 5.36. The molecule has 0 bridgehead atoms. The summed E-state index contributed by atoms with van der Waals surface area (Å²) in [6, 6.07) is 14.2. The SMILES string of the molecule is CCOC(=O)Cn1ccc2ccc(OCc3cc(-c4ccc(C(F)(F)F)cc4)nn3C)cc21. The number of halogens is 3. The fourth-order valence-electron chi connectivity index (χ4n) is 3.51. The minimum absolute atomic E-state index is 0.110. The first kappa shape index (κ1) is 22.4. The third-order valence-corrected chi connectivity index (χ3v) is 5.22. The smallest absolute Gasteiger partial charge is 0.416 e. The highest BCUT2D eigenvalue weighted by Crippen LogP contribution is 2.31. The van der Waals surface area contributed by atoms with Crippen molar-refractivity contribution in [2.24, 2.45) is 7.05 Å². The molecule has 0 atom stereocenters. The van der Waals surface area contributed by atoms with Crippen LogP contribution in [0.15, 0.2) is 60.8 Å². The summed E-state index contributed by atoms with van der Waals surface area (Å²) < 4.78 is 52.8. The monoisotopic (exact) mass is 457 g/mol. The summed E-state index contributed by atoms with van der Waals surface area (Å²) in [5.41, 5.74) is 2.04. The zero-order valence-electron chi connectivity index (χ0n) is 18.1. The van der Waals surface area contributed by atoms with Gasteiger partial charge in [0.1, 0.15) is 18.9 Å². The van der Waals surface area contributed by atoms with Crippen molar-refractivity contribution in [2.45, 2.75) is 26.3 Å². The van der Waals surface area contributed by atoms with Crippen molar-refractivity contribution in [1.29, 1.82) is 0 Å². The summed E-state index contributed by atoms with van der Waals surface area (Å²) >= 11 is 0. The van der Waals surface area contributed by atoms with Gasteiger partial charge in [-0.1, -0.05) is 12.1 Å². The molecule has 4 aromatic rings. The van der Waals surface area contributed by atoms with Crippen molar-refractivity contribution in [3.63, 3.8) is 0 Å². The molecule has 0 fully saturated rings. The van der Waals surface area contributed by atoms with Crippen LogP contribution in [-0.4, -0.2) is 26.9 Å². The van der Waals surface area contributed by atoms with E-state index in [2.05, 4.69) is 5.10 Å². The van der Waals surface area contributed by atoms with Gasteiger partial charge in [-0.05, 0) is 48.7 Å². The maximum Gasteiger partial charge on any atom is 0.416 e. The van der Waals surface area contributed by atoms with Crippen LogP contribution in [0.4, 0.5) is 13.2 Å².